The lowest BCUT2D eigenvalue weighted by molar-refractivity contribution is 0.0950. The summed E-state index contributed by atoms with van der Waals surface area (Å²) in [6.45, 7) is 9.07. The molecule has 0 saturated heterocycles. The van der Waals surface area contributed by atoms with E-state index < -0.39 is 0 Å². The van der Waals surface area contributed by atoms with Crippen LogP contribution in [0.2, 0.25) is 0 Å². The maximum atomic E-state index is 12.5. The summed E-state index contributed by atoms with van der Waals surface area (Å²) >= 11 is 0. The molecule has 4 heteroatoms. The van der Waals surface area contributed by atoms with E-state index in [-0.39, 0.29) is 12.0 Å². The van der Waals surface area contributed by atoms with E-state index in [1.807, 2.05) is 51.1 Å². The molecule has 1 atom stereocenters. The highest BCUT2D eigenvalue weighted by molar-refractivity contribution is 5.94. The number of fused-ring (bicyclic) bond motifs is 1. The lowest BCUT2D eigenvalue weighted by atomic mass is 10.0. The molecular weight excluding hydrogens is 314 g/mol. The molecule has 1 aliphatic heterocycles. The van der Waals surface area contributed by atoms with Gasteiger partial charge in [-0.25, -0.2) is 0 Å². The fourth-order valence-corrected chi connectivity index (χ4v) is 3.07. The zero-order chi connectivity index (χ0) is 18.0. The summed E-state index contributed by atoms with van der Waals surface area (Å²) in [6.07, 6.45) is 1.08. The van der Waals surface area contributed by atoms with Gasteiger partial charge in [0.1, 0.15) is 17.6 Å². The molecule has 4 nitrogen and oxygen atoms in total. The highest BCUT2D eigenvalue weighted by atomic mass is 16.5. The zero-order valence-electron chi connectivity index (χ0n) is 15.3. The molecule has 1 aliphatic rings. The Bertz CT molecular complexity index is 798. The molecule has 3 rings (SSSR count). The van der Waals surface area contributed by atoms with Crippen molar-refractivity contribution in [2.45, 2.75) is 46.8 Å². The van der Waals surface area contributed by atoms with Gasteiger partial charge in [-0.3, -0.25) is 4.79 Å². The first kappa shape index (κ1) is 17.3. The van der Waals surface area contributed by atoms with Crippen LogP contribution in [-0.2, 0) is 13.0 Å². The summed E-state index contributed by atoms with van der Waals surface area (Å²) in [5.74, 6) is 1.63. The van der Waals surface area contributed by atoms with Crippen molar-refractivity contribution in [3.63, 3.8) is 0 Å². The van der Waals surface area contributed by atoms with Gasteiger partial charge in [0.15, 0.2) is 0 Å². The van der Waals surface area contributed by atoms with Crippen molar-refractivity contribution in [1.29, 1.82) is 0 Å². The maximum Gasteiger partial charge on any atom is 0.251 e. The molecule has 2 aromatic carbocycles. The van der Waals surface area contributed by atoms with Crippen LogP contribution in [0.3, 0.4) is 0 Å². The monoisotopic (exact) mass is 339 g/mol. The van der Waals surface area contributed by atoms with Gasteiger partial charge in [0.2, 0.25) is 0 Å². The van der Waals surface area contributed by atoms with Crippen LogP contribution in [0.5, 0.6) is 11.5 Å². The van der Waals surface area contributed by atoms with Crippen molar-refractivity contribution in [3.8, 4) is 11.5 Å². The molecule has 1 amide bonds. The Balaban J connectivity index is 1.77. The van der Waals surface area contributed by atoms with Crippen molar-refractivity contribution in [3.05, 3.63) is 58.1 Å². The van der Waals surface area contributed by atoms with Gasteiger partial charge in [-0.15, -0.1) is 0 Å². The second-order valence-corrected chi connectivity index (χ2v) is 6.61. The van der Waals surface area contributed by atoms with E-state index in [2.05, 4.69) is 12.2 Å². The summed E-state index contributed by atoms with van der Waals surface area (Å²) in [4.78, 5) is 12.5. The third-order valence-corrected chi connectivity index (χ3v) is 4.59. The van der Waals surface area contributed by atoms with Crippen LogP contribution in [-0.4, -0.2) is 18.6 Å². The van der Waals surface area contributed by atoms with Crippen LogP contribution in [0.25, 0.3) is 0 Å². The van der Waals surface area contributed by atoms with Gasteiger partial charge >= 0.3 is 0 Å². The molecule has 2 aromatic rings. The first-order valence-corrected chi connectivity index (χ1v) is 8.78. The maximum absolute atomic E-state index is 12.5. The van der Waals surface area contributed by atoms with Gasteiger partial charge in [-0.2, -0.15) is 0 Å². The number of hydrogen-bond acceptors (Lipinski definition) is 3. The fraction of sp³-hybridized carbons (Fsp3) is 0.381. The molecule has 0 saturated carbocycles. The van der Waals surface area contributed by atoms with Crippen molar-refractivity contribution < 1.29 is 14.3 Å². The van der Waals surface area contributed by atoms with Crippen LogP contribution in [0, 0.1) is 13.8 Å². The molecule has 0 fully saturated rings. The van der Waals surface area contributed by atoms with Crippen LogP contribution in [0.1, 0.15) is 46.5 Å². The van der Waals surface area contributed by atoms with Crippen LogP contribution >= 0.6 is 0 Å². The minimum absolute atomic E-state index is 0.0830. The predicted octanol–water partition coefficient (Wildman–Crippen LogP) is 3.96. The number of ether oxygens (including phenoxy) is 2. The average molecular weight is 339 g/mol. The number of carbonyl (C=O) groups excluding carboxylic acids is 1. The van der Waals surface area contributed by atoms with Crippen LogP contribution < -0.4 is 14.8 Å². The van der Waals surface area contributed by atoms with Gasteiger partial charge in [0.25, 0.3) is 5.91 Å². The van der Waals surface area contributed by atoms with Gasteiger partial charge in [0.05, 0.1) is 6.61 Å². The van der Waals surface area contributed by atoms with Crippen molar-refractivity contribution in [1.82, 2.24) is 5.32 Å². The molecule has 0 spiro atoms. The van der Waals surface area contributed by atoms with E-state index in [0.717, 1.165) is 29.0 Å². The number of rotatable bonds is 5. The van der Waals surface area contributed by atoms with Gasteiger partial charge in [0, 0.05) is 29.7 Å². The lowest BCUT2D eigenvalue weighted by Crippen LogP contribution is -2.23. The third kappa shape index (κ3) is 3.78. The standard InChI is InChI=1S/C21H25NO3/c1-5-24-19-10-17-9-15(4)25-20(17)11-18(19)12-22-21(23)16-7-6-13(2)14(3)8-16/h6-8,10-11,15H,5,9,12H2,1-4H3,(H,22,23)/t15-/m0/s1. The summed E-state index contributed by atoms with van der Waals surface area (Å²) in [7, 11) is 0. The smallest absolute Gasteiger partial charge is 0.251 e. The quantitative estimate of drug-likeness (QED) is 0.897. The Kier molecular flexibility index (Phi) is 4.98. The summed E-state index contributed by atoms with van der Waals surface area (Å²) in [6, 6.07) is 9.78. The largest absolute Gasteiger partial charge is 0.494 e. The van der Waals surface area contributed by atoms with Crippen molar-refractivity contribution in [2.75, 3.05) is 6.61 Å². The SMILES string of the molecule is CCOc1cc2c(cc1CNC(=O)c1ccc(C)c(C)c1)O[C@@H](C)C2. The van der Waals surface area contributed by atoms with Crippen LogP contribution in [0.15, 0.2) is 30.3 Å². The summed E-state index contributed by atoms with van der Waals surface area (Å²) in [5, 5.41) is 2.99. The Morgan fingerprint density at radius 2 is 2.04 bits per heavy atom. The van der Waals surface area contributed by atoms with Gasteiger partial charge < -0.3 is 14.8 Å². The molecule has 0 aromatic heterocycles. The fourth-order valence-electron chi connectivity index (χ4n) is 3.07. The number of carbonyl (C=O) groups is 1. The Labute approximate surface area is 149 Å². The molecule has 0 unspecified atom stereocenters. The molecule has 0 radical (unpaired) electrons. The molecular formula is C21H25NO3. The Morgan fingerprint density at radius 1 is 1.24 bits per heavy atom. The predicted molar refractivity (Wildman–Crippen MR) is 98.5 cm³/mol. The zero-order valence-corrected chi connectivity index (χ0v) is 15.3. The van der Waals surface area contributed by atoms with Gasteiger partial charge in [-0.05, 0) is 63.1 Å². The van der Waals surface area contributed by atoms with Crippen LogP contribution in [0.4, 0.5) is 0 Å². The van der Waals surface area contributed by atoms with E-state index in [1.54, 1.807) is 0 Å². The number of amides is 1. The second kappa shape index (κ2) is 7.18. The van der Waals surface area contributed by atoms with E-state index in [1.165, 1.54) is 11.1 Å². The molecule has 1 N–H and O–H groups in total. The summed E-state index contributed by atoms with van der Waals surface area (Å²) < 4.78 is 11.6. The Morgan fingerprint density at radius 3 is 2.76 bits per heavy atom. The minimum atomic E-state index is -0.0830. The topological polar surface area (TPSA) is 47.6 Å². The average Bonchev–Trinajstić information content (AvgIpc) is 2.94. The molecule has 0 bridgehead atoms. The lowest BCUT2D eigenvalue weighted by Gasteiger charge is -2.13. The minimum Gasteiger partial charge on any atom is -0.494 e. The van der Waals surface area contributed by atoms with E-state index in [9.17, 15) is 4.79 Å². The first-order valence-electron chi connectivity index (χ1n) is 8.78. The van der Waals surface area contributed by atoms with Crippen molar-refractivity contribution in [2.24, 2.45) is 0 Å². The molecule has 0 aliphatic carbocycles. The van der Waals surface area contributed by atoms with E-state index in [0.29, 0.717) is 18.7 Å². The number of benzene rings is 2. The number of aryl methyl sites for hydroxylation is 2. The first-order chi connectivity index (χ1) is 12.0. The highest BCUT2D eigenvalue weighted by Crippen LogP contribution is 2.35. The van der Waals surface area contributed by atoms with E-state index in [4.69, 9.17) is 9.47 Å². The molecule has 132 valence electrons. The van der Waals surface area contributed by atoms with Crippen molar-refractivity contribution >= 4 is 5.91 Å². The van der Waals surface area contributed by atoms with E-state index >= 15 is 0 Å². The molecule has 25 heavy (non-hydrogen) atoms. The van der Waals surface area contributed by atoms with Gasteiger partial charge in [-0.1, -0.05) is 6.07 Å². The third-order valence-electron chi connectivity index (χ3n) is 4.59. The summed E-state index contributed by atoms with van der Waals surface area (Å²) in [5.41, 5.74) is 5.07. The normalized spacial score (nSPS) is 15.4. The highest BCUT2D eigenvalue weighted by Gasteiger charge is 2.22. The second-order valence-electron chi connectivity index (χ2n) is 6.61. The number of nitrogens with one attached hydrogen (secondary N) is 1. The number of hydrogen-bond donors (Lipinski definition) is 1. The molecule has 1 heterocycles. The Hall–Kier alpha value is -2.49.